The van der Waals surface area contributed by atoms with Crippen LogP contribution >= 0.6 is 0 Å². The van der Waals surface area contributed by atoms with Crippen molar-refractivity contribution in [2.24, 2.45) is 0 Å². The molecule has 0 aliphatic rings. The summed E-state index contributed by atoms with van der Waals surface area (Å²) in [5.41, 5.74) is 0.0208. The van der Waals surface area contributed by atoms with Gasteiger partial charge in [-0.25, -0.2) is 0 Å². The Kier molecular flexibility index (Phi) is 4.34. The van der Waals surface area contributed by atoms with Crippen molar-refractivity contribution in [3.8, 4) is 5.75 Å². The average Bonchev–Trinajstić information content (AvgIpc) is 2.25. The number of rotatable bonds is 6. The maximum Gasteiger partial charge on any atom is 0.273 e. The van der Waals surface area contributed by atoms with Crippen LogP contribution < -0.4 is 4.74 Å². The first-order valence-corrected chi connectivity index (χ1v) is 4.64. The number of unbranched alkanes of at least 4 members (excludes halogenated alkanes) is 1. The Labute approximate surface area is 88.3 Å². The summed E-state index contributed by atoms with van der Waals surface area (Å²) in [7, 11) is 0. The van der Waals surface area contributed by atoms with Crippen molar-refractivity contribution < 1.29 is 9.66 Å². The number of benzene rings is 1. The van der Waals surface area contributed by atoms with Gasteiger partial charge in [-0.15, -0.1) is 6.58 Å². The summed E-state index contributed by atoms with van der Waals surface area (Å²) >= 11 is 0. The Hall–Kier alpha value is -1.84. The van der Waals surface area contributed by atoms with Gasteiger partial charge in [0, 0.05) is 12.1 Å². The minimum absolute atomic E-state index is 0.0208. The molecule has 0 N–H and O–H groups in total. The summed E-state index contributed by atoms with van der Waals surface area (Å²) in [6.07, 6.45) is 3.52. The molecule has 0 aliphatic heterocycles. The summed E-state index contributed by atoms with van der Waals surface area (Å²) in [4.78, 5) is 10.00. The Morgan fingerprint density at radius 1 is 1.67 bits per heavy atom. The maximum atomic E-state index is 10.5. The molecule has 0 fully saturated rings. The van der Waals surface area contributed by atoms with Crippen LogP contribution in [0.15, 0.2) is 30.9 Å². The molecule has 0 bridgehead atoms. The van der Waals surface area contributed by atoms with Crippen molar-refractivity contribution in [3.63, 3.8) is 0 Å². The van der Waals surface area contributed by atoms with Crippen molar-refractivity contribution in [1.82, 2.24) is 0 Å². The zero-order chi connectivity index (χ0) is 11.1. The largest absolute Gasteiger partial charge is 0.493 e. The van der Waals surface area contributed by atoms with E-state index in [1.807, 2.05) is 0 Å². The highest BCUT2D eigenvalue weighted by Crippen LogP contribution is 2.18. The zero-order valence-corrected chi connectivity index (χ0v) is 8.31. The molecular weight excluding hydrogens is 194 g/mol. The molecule has 0 spiro atoms. The van der Waals surface area contributed by atoms with Gasteiger partial charge in [0.05, 0.1) is 17.6 Å². The lowest BCUT2D eigenvalue weighted by atomic mass is 10.3. The van der Waals surface area contributed by atoms with E-state index in [4.69, 9.17) is 4.74 Å². The molecule has 0 amide bonds. The first-order chi connectivity index (χ1) is 7.24. The molecule has 0 unspecified atom stereocenters. The van der Waals surface area contributed by atoms with Gasteiger partial charge in [-0.2, -0.15) is 0 Å². The van der Waals surface area contributed by atoms with E-state index in [-0.39, 0.29) is 5.69 Å². The molecule has 0 saturated carbocycles. The van der Waals surface area contributed by atoms with Gasteiger partial charge in [-0.1, -0.05) is 6.08 Å². The minimum Gasteiger partial charge on any atom is -0.493 e. The molecule has 1 radical (unpaired) electrons. The molecule has 15 heavy (non-hydrogen) atoms. The van der Waals surface area contributed by atoms with Gasteiger partial charge in [-0.3, -0.25) is 10.1 Å². The van der Waals surface area contributed by atoms with Crippen molar-refractivity contribution in [3.05, 3.63) is 47.0 Å². The molecule has 0 aromatic heterocycles. The minimum atomic E-state index is -0.454. The van der Waals surface area contributed by atoms with Gasteiger partial charge in [0.1, 0.15) is 5.75 Å². The highest BCUT2D eigenvalue weighted by atomic mass is 16.6. The van der Waals surface area contributed by atoms with Gasteiger partial charge < -0.3 is 4.74 Å². The number of nitro benzene ring substituents is 1. The van der Waals surface area contributed by atoms with Gasteiger partial charge >= 0.3 is 0 Å². The Morgan fingerprint density at radius 3 is 3.13 bits per heavy atom. The van der Waals surface area contributed by atoms with Crippen LogP contribution in [-0.2, 0) is 0 Å². The predicted molar refractivity (Wildman–Crippen MR) is 56.9 cm³/mol. The fraction of sp³-hybridized carbons (Fsp3) is 0.273. The predicted octanol–water partition coefficient (Wildman–Crippen LogP) is 2.74. The topological polar surface area (TPSA) is 52.4 Å². The van der Waals surface area contributed by atoms with Crippen molar-refractivity contribution >= 4 is 5.69 Å². The summed E-state index contributed by atoms with van der Waals surface area (Å²) in [6, 6.07) is 7.03. The summed E-state index contributed by atoms with van der Waals surface area (Å²) in [5.74, 6) is 0.410. The van der Waals surface area contributed by atoms with Crippen molar-refractivity contribution in [2.45, 2.75) is 12.8 Å². The lowest BCUT2D eigenvalue weighted by Crippen LogP contribution is -1.97. The SMILES string of the molecule is C=CCCCOc1[c]ccc([N+](=O)[O-])c1. The number of nitro groups is 1. The quantitative estimate of drug-likeness (QED) is 0.311. The van der Waals surface area contributed by atoms with E-state index in [2.05, 4.69) is 12.6 Å². The smallest absolute Gasteiger partial charge is 0.273 e. The van der Waals surface area contributed by atoms with Crippen LogP contribution in [0.4, 0.5) is 5.69 Å². The number of ether oxygens (including phenoxy) is 1. The Bertz CT molecular complexity index is 349. The van der Waals surface area contributed by atoms with Crippen LogP contribution in [0.25, 0.3) is 0 Å². The lowest BCUT2D eigenvalue weighted by molar-refractivity contribution is -0.384. The number of non-ortho nitro benzene ring substituents is 1. The van der Waals surface area contributed by atoms with Crippen molar-refractivity contribution in [2.75, 3.05) is 6.61 Å². The number of hydrogen-bond donors (Lipinski definition) is 0. The van der Waals surface area contributed by atoms with Gasteiger partial charge in [-0.05, 0) is 18.9 Å². The molecule has 1 rings (SSSR count). The fourth-order valence-corrected chi connectivity index (χ4v) is 1.04. The molecule has 79 valence electrons. The molecule has 4 heteroatoms. The van der Waals surface area contributed by atoms with Crippen LogP contribution in [0, 0.1) is 16.2 Å². The van der Waals surface area contributed by atoms with Gasteiger partial charge in [0.2, 0.25) is 0 Å². The second-order valence-electron chi connectivity index (χ2n) is 2.95. The van der Waals surface area contributed by atoms with E-state index in [0.29, 0.717) is 12.4 Å². The molecule has 1 aromatic carbocycles. The normalized spacial score (nSPS) is 9.60. The summed E-state index contributed by atoms with van der Waals surface area (Å²) < 4.78 is 5.29. The molecule has 0 aliphatic carbocycles. The average molecular weight is 206 g/mol. The molecule has 4 nitrogen and oxygen atoms in total. The van der Waals surface area contributed by atoms with Gasteiger partial charge in [0.25, 0.3) is 5.69 Å². The fourth-order valence-electron chi connectivity index (χ4n) is 1.04. The van der Waals surface area contributed by atoms with Crippen LogP contribution in [0.5, 0.6) is 5.75 Å². The molecule has 0 atom stereocenters. The number of hydrogen-bond acceptors (Lipinski definition) is 3. The maximum absolute atomic E-state index is 10.5. The Balaban J connectivity index is 2.50. The monoisotopic (exact) mass is 206 g/mol. The highest BCUT2D eigenvalue weighted by molar-refractivity contribution is 5.37. The van der Waals surface area contributed by atoms with E-state index >= 15 is 0 Å². The van der Waals surface area contributed by atoms with E-state index < -0.39 is 4.92 Å². The van der Waals surface area contributed by atoms with Gasteiger partial charge in [0.15, 0.2) is 0 Å². The van der Waals surface area contributed by atoms with Crippen molar-refractivity contribution in [1.29, 1.82) is 0 Å². The lowest BCUT2D eigenvalue weighted by Gasteiger charge is -2.03. The van der Waals surface area contributed by atoms with E-state index in [0.717, 1.165) is 12.8 Å². The standard InChI is InChI=1S/C11H12NO3/c1-2-3-4-8-15-11-7-5-6-10(9-11)12(13)14/h2,5-6,9H,1,3-4,8H2. The molecular formula is C11H12NO3. The van der Waals surface area contributed by atoms with E-state index in [1.165, 1.54) is 18.2 Å². The second-order valence-corrected chi connectivity index (χ2v) is 2.95. The number of nitrogens with zero attached hydrogens (tertiary/aromatic N) is 1. The third-order valence-electron chi connectivity index (χ3n) is 1.78. The van der Waals surface area contributed by atoms with E-state index in [1.54, 1.807) is 6.08 Å². The molecule has 0 saturated heterocycles. The first kappa shape index (κ1) is 11.2. The second kappa shape index (κ2) is 5.80. The van der Waals surface area contributed by atoms with Crippen LogP contribution in [-0.4, -0.2) is 11.5 Å². The molecule has 0 heterocycles. The first-order valence-electron chi connectivity index (χ1n) is 4.64. The summed E-state index contributed by atoms with van der Waals surface area (Å²) in [6.45, 7) is 4.11. The highest BCUT2D eigenvalue weighted by Gasteiger charge is 2.05. The third kappa shape index (κ3) is 3.81. The zero-order valence-electron chi connectivity index (χ0n) is 8.31. The Morgan fingerprint density at radius 2 is 2.47 bits per heavy atom. The van der Waals surface area contributed by atoms with E-state index in [9.17, 15) is 10.1 Å². The third-order valence-corrected chi connectivity index (χ3v) is 1.78. The van der Waals surface area contributed by atoms with Crippen LogP contribution in [0.2, 0.25) is 0 Å². The molecule has 1 aromatic rings. The summed E-state index contributed by atoms with van der Waals surface area (Å²) in [5, 5.41) is 10.5. The van der Waals surface area contributed by atoms with Crippen LogP contribution in [0.3, 0.4) is 0 Å². The number of allylic oxidation sites excluding steroid dienone is 1. The van der Waals surface area contributed by atoms with Crippen LogP contribution in [0.1, 0.15) is 12.8 Å².